The molecule has 0 saturated heterocycles. The van der Waals surface area contributed by atoms with Gasteiger partial charge in [0.2, 0.25) is 0 Å². The first-order chi connectivity index (χ1) is 6.45. The van der Waals surface area contributed by atoms with Gasteiger partial charge in [-0.25, -0.2) is 0 Å². The van der Waals surface area contributed by atoms with Gasteiger partial charge in [-0.05, 0) is 6.92 Å². The molecule has 14 heavy (non-hydrogen) atoms. The average Bonchev–Trinajstić information content (AvgIpc) is 2.04. The number of hydrogen-bond acceptors (Lipinski definition) is 1. The van der Waals surface area contributed by atoms with Crippen LogP contribution in [-0.4, -0.2) is 18.7 Å². The Kier molecular flexibility index (Phi) is 6.41. The fourth-order valence-corrected chi connectivity index (χ4v) is 1.43. The van der Waals surface area contributed by atoms with E-state index in [0.717, 1.165) is 0 Å². The second-order valence-corrected chi connectivity index (χ2v) is 17.0. The number of nitrogens with zero attached hydrogens (tertiary/aromatic N) is 3. The van der Waals surface area contributed by atoms with Gasteiger partial charge < -0.3 is 0 Å². The minimum atomic E-state index is -2.07. The van der Waals surface area contributed by atoms with Crippen LogP contribution in [-0.2, 0) is 0 Å². The van der Waals surface area contributed by atoms with Crippen molar-refractivity contribution in [2.24, 2.45) is 3.34 Å². The van der Waals surface area contributed by atoms with Crippen molar-refractivity contribution < 1.29 is 0 Å². The molecule has 4 heteroatoms. The van der Waals surface area contributed by atoms with Crippen LogP contribution in [0, 0.1) is 6.92 Å². The van der Waals surface area contributed by atoms with Crippen LogP contribution in [0.2, 0.25) is 14.8 Å². The van der Waals surface area contributed by atoms with Gasteiger partial charge in [-0.2, -0.15) is 0 Å². The Hall–Kier alpha value is -0.671. The Bertz CT molecular complexity index is 297. The second kappa shape index (κ2) is 6.73. The van der Waals surface area contributed by atoms with Gasteiger partial charge in [-0.1, -0.05) is 35.9 Å². The van der Waals surface area contributed by atoms with E-state index in [1.165, 1.54) is 5.56 Å². The molecule has 0 atom stereocenters. The van der Waals surface area contributed by atoms with Gasteiger partial charge in [0, 0.05) is 0 Å². The van der Waals surface area contributed by atoms with Gasteiger partial charge >= 0.3 is 47.2 Å². The summed E-state index contributed by atoms with van der Waals surface area (Å²) in [5.41, 5.74) is 9.23. The zero-order valence-corrected chi connectivity index (χ0v) is 12.1. The fourth-order valence-electron chi connectivity index (χ4n) is 0.669. The summed E-state index contributed by atoms with van der Waals surface area (Å²) in [7, 11) is 0. The second-order valence-electron chi connectivity index (χ2n) is 4.01. The number of hydrogen-bond donors (Lipinski definition) is 0. The first-order valence-corrected chi connectivity index (χ1v) is 14.4. The van der Waals surface area contributed by atoms with E-state index in [1.54, 1.807) is 0 Å². The van der Waals surface area contributed by atoms with E-state index >= 15 is 0 Å². The summed E-state index contributed by atoms with van der Waals surface area (Å²) in [5, 5.41) is 0. The Balaban J connectivity index is 0.000000241. The Morgan fingerprint density at radius 3 is 1.79 bits per heavy atom. The minimum absolute atomic E-state index is 1.32. The number of rotatable bonds is 1. The van der Waals surface area contributed by atoms with Gasteiger partial charge in [-0.15, -0.1) is 0 Å². The predicted molar refractivity (Wildman–Crippen MR) is 63.7 cm³/mol. The molecule has 0 unspecified atom stereocenters. The molecule has 76 valence electrons. The van der Waals surface area contributed by atoms with Gasteiger partial charge in [-0.3, -0.25) is 0 Å². The summed E-state index contributed by atoms with van der Waals surface area (Å²) >= 11 is -2.07. The number of aryl methyl sites for hydroxylation is 1. The fraction of sp³-hybridized carbons (Fsp3) is 0.400. The topological polar surface area (TPSA) is 48.8 Å². The Morgan fingerprint density at radius 2 is 1.64 bits per heavy atom. The first-order valence-electron chi connectivity index (χ1n) is 4.53. The molecular weight excluding hydrogens is 281 g/mol. The molecule has 0 N–H and O–H groups in total. The molecule has 0 radical (unpaired) electrons. The van der Waals surface area contributed by atoms with Crippen LogP contribution in [0.15, 0.2) is 33.7 Å². The summed E-state index contributed by atoms with van der Waals surface area (Å²) in [6.45, 7) is 2.08. The van der Waals surface area contributed by atoms with E-state index in [1.807, 2.05) is 18.2 Å². The van der Waals surface area contributed by atoms with Crippen molar-refractivity contribution in [3.05, 3.63) is 46.3 Å². The summed E-state index contributed by atoms with van der Waals surface area (Å²) < 4.78 is 3.65. The summed E-state index contributed by atoms with van der Waals surface area (Å²) in [5.74, 6) is 0. The van der Waals surface area contributed by atoms with Crippen molar-refractivity contribution >= 4 is 18.7 Å². The van der Waals surface area contributed by atoms with Crippen molar-refractivity contribution in [1.82, 2.24) is 0 Å². The van der Waals surface area contributed by atoms with Crippen molar-refractivity contribution in [2.75, 3.05) is 0 Å². The molecule has 0 saturated carbocycles. The van der Waals surface area contributed by atoms with E-state index in [0.29, 0.717) is 0 Å². The van der Waals surface area contributed by atoms with Crippen LogP contribution in [0.4, 0.5) is 0 Å². The normalized spacial score (nSPS) is 9.43. The van der Waals surface area contributed by atoms with Crippen LogP contribution in [0.1, 0.15) is 5.56 Å². The Morgan fingerprint density at radius 1 is 1.14 bits per heavy atom. The van der Waals surface area contributed by atoms with Gasteiger partial charge in [0.25, 0.3) is 0 Å². The molecule has 0 aliphatic heterocycles. The molecule has 3 nitrogen and oxygen atoms in total. The molecule has 0 aliphatic rings. The molecular formula is C10H17N3Sn. The molecule has 1 aromatic carbocycles. The van der Waals surface area contributed by atoms with Crippen LogP contribution >= 0.6 is 0 Å². The van der Waals surface area contributed by atoms with Crippen molar-refractivity contribution in [3.8, 4) is 0 Å². The van der Waals surface area contributed by atoms with Crippen LogP contribution in [0.25, 0.3) is 10.4 Å². The number of benzene rings is 1. The van der Waals surface area contributed by atoms with Gasteiger partial charge in [0.15, 0.2) is 0 Å². The SMILES string of the molecule is Cc1ccccc1.[CH3][Sn]([CH3])([CH3])[N]=[N+]=[N-]. The molecule has 0 aliphatic carbocycles. The van der Waals surface area contributed by atoms with Crippen molar-refractivity contribution in [3.63, 3.8) is 0 Å². The van der Waals surface area contributed by atoms with Gasteiger partial charge in [0.1, 0.15) is 0 Å². The predicted octanol–water partition coefficient (Wildman–Crippen LogP) is 4.13. The quantitative estimate of drug-likeness (QED) is 0.324. The zero-order valence-electron chi connectivity index (χ0n) is 9.23. The summed E-state index contributed by atoms with van der Waals surface area (Å²) in [6, 6.07) is 10.3. The molecule has 0 spiro atoms. The summed E-state index contributed by atoms with van der Waals surface area (Å²) in [4.78, 5) is 8.92. The van der Waals surface area contributed by atoms with Crippen LogP contribution in [0.5, 0.6) is 0 Å². The third kappa shape index (κ3) is 9.42. The van der Waals surface area contributed by atoms with E-state index in [4.69, 9.17) is 5.53 Å². The Labute approximate surface area is 90.0 Å². The molecule has 0 fully saturated rings. The van der Waals surface area contributed by atoms with Crippen molar-refractivity contribution in [2.45, 2.75) is 21.7 Å². The van der Waals surface area contributed by atoms with Crippen molar-refractivity contribution in [1.29, 1.82) is 0 Å². The van der Waals surface area contributed by atoms with Crippen LogP contribution < -0.4 is 0 Å². The van der Waals surface area contributed by atoms with E-state index in [9.17, 15) is 0 Å². The number of azide groups is 1. The van der Waals surface area contributed by atoms with E-state index in [-0.39, 0.29) is 0 Å². The van der Waals surface area contributed by atoms with E-state index < -0.39 is 18.7 Å². The monoisotopic (exact) mass is 299 g/mol. The molecule has 1 rings (SSSR count). The molecule has 0 aromatic heterocycles. The standard InChI is InChI=1S/C7H8.3CH3.N3.Sn/c1-7-5-3-2-4-6-7;;;;1-3-2;/h2-6H,1H3;3*1H3;;/q;;;;-1;+1. The maximum absolute atomic E-state index is 7.91. The maximum atomic E-state index is 7.91. The first kappa shape index (κ1) is 13.3. The third-order valence-corrected chi connectivity index (χ3v) is 3.25. The van der Waals surface area contributed by atoms with Crippen LogP contribution in [0.3, 0.4) is 0 Å². The zero-order chi connectivity index (χ0) is 11.0. The van der Waals surface area contributed by atoms with Gasteiger partial charge in [0.05, 0.1) is 0 Å². The molecule has 0 amide bonds. The molecule has 1 aromatic rings. The third-order valence-electron chi connectivity index (χ3n) is 1.29. The molecule has 0 heterocycles. The summed E-state index contributed by atoms with van der Waals surface area (Å²) in [6.07, 6.45) is 0. The molecule has 0 bridgehead atoms. The average molecular weight is 298 g/mol. The van der Waals surface area contributed by atoms with E-state index in [2.05, 4.69) is 42.1 Å².